The summed E-state index contributed by atoms with van der Waals surface area (Å²) in [6.07, 6.45) is 11.0. The second kappa shape index (κ2) is 6.90. The van der Waals surface area contributed by atoms with E-state index in [-0.39, 0.29) is 6.10 Å². The molecule has 92 valence electrons. The highest BCUT2D eigenvalue weighted by Gasteiger charge is 2.13. The van der Waals surface area contributed by atoms with E-state index in [9.17, 15) is 5.11 Å². The van der Waals surface area contributed by atoms with Crippen LogP contribution < -0.4 is 0 Å². The van der Waals surface area contributed by atoms with E-state index in [1.54, 1.807) is 0 Å². The molecular formula is C15H26O. The fraction of sp³-hybridized carbons (Fsp3) is 0.733. The highest BCUT2D eigenvalue weighted by Crippen LogP contribution is 2.24. The van der Waals surface area contributed by atoms with Crippen molar-refractivity contribution in [1.82, 2.24) is 0 Å². The van der Waals surface area contributed by atoms with Gasteiger partial charge in [0.25, 0.3) is 0 Å². The summed E-state index contributed by atoms with van der Waals surface area (Å²) >= 11 is 0. The zero-order chi connectivity index (χ0) is 12.0. The predicted octanol–water partition coefficient (Wildman–Crippen LogP) is 4.23. The third kappa shape index (κ3) is 4.13. The standard InChI is InChI=1S/C15H26O/c1-4-12(3)14(5-2)10-9-13-7-6-8-15(16)11-13/h9-10,12,15-16H,4-8,11H2,1-3H3/b13-9-,14-10+. The van der Waals surface area contributed by atoms with Gasteiger partial charge in [-0.25, -0.2) is 0 Å². The molecule has 2 unspecified atom stereocenters. The Morgan fingerprint density at radius 1 is 1.50 bits per heavy atom. The van der Waals surface area contributed by atoms with Gasteiger partial charge in [0.2, 0.25) is 0 Å². The molecule has 1 rings (SSSR count). The summed E-state index contributed by atoms with van der Waals surface area (Å²) in [7, 11) is 0. The summed E-state index contributed by atoms with van der Waals surface area (Å²) in [4.78, 5) is 0. The van der Waals surface area contributed by atoms with Gasteiger partial charge in [0.15, 0.2) is 0 Å². The zero-order valence-electron chi connectivity index (χ0n) is 11.0. The second-order valence-electron chi connectivity index (χ2n) is 4.98. The van der Waals surface area contributed by atoms with Gasteiger partial charge in [-0.15, -0.1) is 0 Å². The van der Waals surface area contributed by atoms with Crippen molar-refractivity contribution in [2.45, 2.75) is 65.4 Å². The van der Waals surface area contributed by atoms with Crippen molar-refractivity contribution in [2.24, 2.45) is 5.92 Å². The number of aliphatic hydroxyl groups is 1. The Kier molecular flexibility index (Phi) is 5.83. The Hall–Kier alpha value is -0.560. The molecule has 0 bridgehead atoms. The lowest BCUT2D eigenvalue weighted by Crippen LogP contribution is -2.12. The molecule has 0 radical (unpaired) electrons. The van der Waals surface area contributed by atoms with E-state index in [0.717, 1.165) is 25.7 Å². The first-order valence-electron chi connectivity index (χ1n) is 6.73. The van der Waals surface area contributed by atoms with Gasteiger partial charge in [-0.05, 0) is 44.4 Å². The van der Waals surface area contributed by atoms with E-state index >= 15 is 0 Å². The number of allylic oxidation sites excluding steroid dienone is 3. The van der Waals surface area contributed by atoms with E-state index in [0.29, 0.717) is 5.92 Å². The summed E-state index contributed by atoms with van der Waals surface area (Å²) in [5.41, 5.74) is 2.96. The van der Waals surface area contributed by atoms with Crippen LogP contribution in [0.25, 0.3) is 0 Å². The van der Waals surface area contributed by atoms with Crippen LogP contribution in [-0.2, 0) is 0 Å². The normalized spacial score (nSPS) is 27.1. The van der Waals surface area contributed by atoms with Crippen LogP contribution in [-0.4, -0.2) is 11.2 Å². The van der Waals surface area contributed by atoms with Crippen molar-refractivity contribution in [2.75, 3.05) is 0 Å². The topological polar surface area (TPSA) is 20.2 Å². The molecule has 0 aromatic rings. The zero-order valence-corrected chi connectivity index (χ0v) is 11.0. The average molecular weight is 222 g/mol. The summed E-state index contributed by atoms with van der Waals surface area (Å²) in [6.45, 7) is 6.77. The van der Waals surface area contributed by atoms with E-state index in [1.165, 1.54) is 24.0 Å². The Labute approximate surface area is 100 Å². The van der Waals surface area contributed by atoms with E-state index in [2.05, 4.69) is 32.9 Å². The van der Waals surface area contributed by atoms with Gasteiger partial charge in [-0.1, -0.05) is 44.1 Å². The first kappa shape index (κ1) is 13.5. The molecule has 2 atom stereocenters. The summed E-state index contributed by atoms with van der Waals surface area (Å²) in [5.74, 6) is 0.690. The molecule has 0 saturated heterocycles. The molecule has 0 aliphatic heterocycles. The molecule has 1 N–H and O–H groups in total. The van der Waals surface area contributed by atoms with Gasteiger partial charge in [-0.3, -0.25) is 0 Å². The maximum atomic E-state index is 9.60. The summed E-state index contributed by atoms with van der Waals surface area (Å²) < 4.78 is 0. The third-order valence-electron chi connectivity index (χ3n) is 3.72. The Morgan fingerprint density at radius 2 is 2.25 bits per heavy atom. The molecule has 16 heavy (non-hydrogen) atoms. The largest absolute Gasteiger partial charge is 0.393 e. The van der Waals surface area contributed by atoms with Crippen molar-refractivity contribution >= 4 is 0 Å². The highest BCUT2D eigenvalue weighted by atomic mass is 16.3. The third-order valence-corrected chi connectivity index (χ3v) is 3.72. The predicted molar refractivity (Wildman–Crippen MR) is 70.4 cm³/mol. The lowest BCUT2D eigenvalue weighted by molar-refractivity contribution is 0.149. The van der Waals surface area contributed by atoms with Crippen LogP contribution in [0, 0.1) is 5.92 Å². The smallest absolute Gasteiger partial charge is 0.0577 e. The van der Waals surface area contributed by atoms with Gasteiger partial charge in [0, 0.05) is 0 Å². The van der Waals surface area contributed by atoms with Gasteiger partial charge in [-0.2, -0.15) is 0 Å². The fourth-order valence-electron chi connectivity index (χ4n) is 2.34. The van der Waals surface area contributed by atoms with Crippen LogP contribution in [0.4, 0.5) is 0 Å². The fourth-order valence-corrected chi connectivity index (χ4v) is 2.34. The highest BCUT2D eigenvalue weighted by molar-refractivity contribution is 5.20. The van der Waals surface area contributed by atoms with Crippen LogP contribution in [0.3, 0.4) is 0 Å². The molecule has 0 spiro atoms. The molecule has 1 aliphatic carbocycles. The minimum Gasteiger partial charge on any atom is -0.393 e. The maximum Gasteiger partial charge on any atom is 0.0577 e. The first-order valence-corrected chi connectivity index (χ1v) is 6.73. The molecule has 1 heteroatoms. The van der Waals surface area contributed by atoms with Crippen LogP contribution in [0.5, 0.6) is 0 Å². The van der Waals surface area contributed by atoms with Gasteiger partial charge in [0.1, 0.15) is 0 Å². The first-order chi connectivity index (χ1) is 7.67. The minimum absolute atomic E-state index is 0.0953. The molecule has 0 amide bonds. The summed E-state index contributed by atoms with van der Waals surface area (Å²) in [6, 6.07) is 0. The second-order valence-corrected chi connectivity index (χ2v) is 4.98. The van der Waals surface area contributed by atoms with Crippen molar-refractivity contribution in [3.05, 3.63) is 23.3 Å². The van der Waals surface area contributed by atoms with Crippen molar-refractivity contribution in [3.8, 4) is 0 Å². The van der Waals surface area contributed by atoms with Gasteiger partial charge < -0.3 is 5.11 Å². The Balaban J connectivity index is 2.63. The van der Waals surface area contributed by atoms with Crippen LogP contribution in [0.2, 0.25) is 0 Å². The lowest BCUT2D eigenvalue weighted by atomic mass is 9.90. The number of aliphatic hydroxyl groups excluding tert-OH is 1. The molecular weight excluding hydrogens is 196 g/mol. The molecule has 1 aliphatic rings. The van der Waals surface area contributed by atoms with Crippen molar-refractivity contribution in [1.29, 1.82) is 0 Å². The van der Waals surface area contributed by atoms with Crippen molar-refractivity contribution in [3.63, 3.8) is 0 Å². The lowest BCUT2D eigenvalue weighted by Gasteiger charge is -2.19. The summed E-state index contributed by atoms with van der Waals surface area (Å²) in [5, 5.41) is 9.60. The number of hydrogen-bond acceptors (Lipinski definition) is 1. The quantitative estimate of drug-likeness (QED) is 0.754. The van der Waals surface area contributed by atoms with E-state index < -0.39 is 0 Å². The minimum atomic E-state index is -0.0953. The Morgan fingerprint density at radius 3 is 2.81 bits per heavy atom. The van der Waals surface area contributed by atoms with Gasteiger partial charge >= 0.3 is 0 Å². The van der Waals surface area contributed by atoms with Crippen molar-refractivity contribution < 1.29 is 5.11 Å². The SMILES string of the molecule is CC/C(=C\C=C1\CCCC(O)C1)C(C)CC. The molecule has 1 nitrogen and oxygen atoms in total. The van der Waals surface area contributed by atoms with Crippen LogP contribution in [0.15, 0.2) is 23.3 Å². The van der Waals surface area contributed by atoms with E-state index in [1.807, 2.05) is 0 Å². The maximum absolute atomic E-state index is 9.60. The van der Waals surface area contributed by atoms with Crippen LogP contribution in [0.1, 0.15) is 59.3 Å². The molecule has 0 aromatic heterocycles. The van der Waals surface area contributed by atoms with Crippen LogP contribution >= 0.6 is 0 Å². The Bertz CT molecular complexity index is 263. The number of hydrogen-bond donors (Lipinski definition) is 1. The molecule has 0 heterocycles. The van der Waals surface area contributed by atoms with Gasteiger partial charge in [0.05, 0.1) is 6.10 Å². The monoisotopic (exact) mass is 222 g/mol. The van der Waals surface area contributed by atoms with E-state index in [4.69, 9.17) is 0 Å². The molecule has 1 fully saturated rings. The molecule has 0 aromatic carbocycles. The molecule has 1 saturated carbocycles. The average Bonchev–Trinajstić information content (AvgIpc) is 2.29. The number of rotatable bonds is 4.